The van der Waals surface area contributed by atoms with Crippen molar-refractivity contribution in [2.24, 2.45) is 0 Å². The van der Waals surface area contributed by atoms with Crippen LogP contribution >= 0.6 is 35.2 Å². The molecule has 1 aromatic carbocycles. The molecule has 3 aromatic rings. The predicted molar refractivity (Wildman–Crippen MR) is 77.6 cm³/mol. The van der Waals surface area contributed by atoms with Crippen LogP contribution in [-0.4, -0.2) is 9.55 Å². The van der Waals surface area contributed by atoms with Crippen molar-refractivity contribution in [1.29, 1.82) is 0 Å². The molecule has 0 aliphatic carbocycles. The highest BCUT2D eigenvalue weighted by atomic mass is 35.5. The van der Waals surface area contributed by atoms with E-state index in [1.165, 1.54) is 34.1 Å². The molecule has 0 fully saturated rings. The lowest BCUT2D eigenvalue weighted by molar-refractivity contribution is 0.627. The average molecular weight is 313 g/mol. The number of rotatable bonds is 1. The Morgan fingerprint density at radius 1 is 1.37 bits per heavy atom. The molecule has 3 rings (SSSR count). The van der Waals surface area contributed by atoms with Gasteiger partial charge in [-0.25, -0.2) is 4.39 Å². The summed E-state index contributed by atoms with van der Waals surface area (Å²) in [5, 5.41) is 1.75. The van der Waals surface area contributed by atoms with E-state index in [0.717, 1.165) is 0 Å². The maximum atomic E-state index is 13.2. The molecule has 2 aromatic heterocycles. The van der Waals surface area contributed by atoms with Crippen molar-refractivity contribution < 1.29 is 4.39 Å². The minimum Gasteiger partial charge on any atom is -0.331 e. The van der Waals surface area contributed by atoms with Crippen molar-refractivity contribution in [1.82, 2.24) is 9.55 Å². The fraction of sp³-hybridized carbons (Fsp3) is 0. The smallest absolute Gasteiger partial charge is 0.276 e. The monoisotopic (exact) mass is 312 g/mol. The summed E-state index contributed by atoms with van der Waals surface area (Å²) in [6.45, 7) is 0. The SMILES string of the molecule is O=c1c2sccc2[nH]c(=S)n1-c1ccc(F)c(Cl)c1. The van der Waals surface area contributed by atoms with Crippen molar-refractivity contribution >= 4 is 45.4 Å². The number of aromatic amines is 1. The van der Waals surface area contributed by atoms with Crippen molar-refractivity contribution in [3.8, 4) is 5.69 Å². The molecule has 0 bridgehead atoms. The van der Waals surface area contributed by atoms with E-state index >= 15 is 0 Å². The summed E-state index contributed by atoms with van der Waals surface area (Å²) in [5.74, 6) is -0.537. The minimum atomic E-state index is -0.537. The molecule has 1 N–H and O–H groups in total. The highest BCUT2D eigenvalue weighted by Gasteiger charge is 2.10. The Bertz CT molecular complexity index is 897. The molecule has 0 radical (unpaired) electrons. The summed E-state index contributed by atoms with van der Waals surface area (Å²) >= 11 is 12.2. The van der Waals surface area contributed by atoms with Crippen molar-refractivity contribution in [2.45, 2.75) is 0 Å². The van der Waals surface area contributed by atoms with Crippen LogP contribution < -0.4 is 5.56 Å². The summed E-state index contributed by atoms with van der Waals surface area (Å²) in [6, 6.07) is 5.84. The van der Waals surface area contributed by atoms with Gasteiger partial charge < -0.3 is 4.98 Å². The molecule has 0 unspecified atom stereocenters. The number of nitrogens with zero attached hydrogens (tertiary/aromatic N) is 1. The molecule has 2 heterocycles. The highest BCUT2D eigenvalue weighted by molar-refractivity contribution is 7.71. The van der Waals surface area contributed by atoms with E-state index in [2.05, 4.69) is 4.98 Å². The third kappa shape index (κ3) is 2.01. The van der Waals surface area contributed by atoms with E-state index < -0.39 is 5.82 Å². The van der Waals surface area contributed by atoms with Gasteiger partial charge in [0.15, 0.2) is 4.77 Å². The normalized spacial score (nSPS) is 11.1. The van der Waals surface area contributed by atoms with Crippen LogP contribution in [-0.2, 0) is 0 Å². The molecule has 7 heteroatoms. The van der Waals surface area contributed by atoms with E-state index in [4.69, 9.17) is 23.8 Å². The van der Waals surface area contributed by atoms with Gasteiger partial charge in [-0.1, -0.05) is 11.6 Å². The molecule has 0 saturated carbocycles. The average Bonchev–Trinajstić information content (AvgIpc) is 2.82. The molecule has 0 aliphatic heterocycles. The molecule has 0 atom stereocenters. The molecular formula is C12H6ClFN2OS2. The molecule has 3 nitrogen and oxygen atoms in total. The first-order chi connectivity index (χ1) is 9.08. The molecule has 19 heavy (non-hydrogen) atoms. The second kappa shape index (κ2) is 4.56. The van der Waals surface area contributed by atoms with E-state index in [-0.39, 0.29) is 15.4 Å². The standard InChI is InChI=1S/C12H6ClFN2OS2/c13-7-5-6(1-2-8(7)14)16-11(17)10-9(3-4-19-10)15-12(16)18/h1-5H,(H,15,18). The summed E-state index contributed by atoms with van der Waals surface area (Å²) in [7, 11) is 0. The van der Waals surface area contributed by atoms with Crippen molar-refractivity contribution in [2.75, 3.05) is 0 Å². The molecular weight excluding hydrogens is 307 g/mol. The number of nitrogens with one attached hydrogen (secondary N) is 1. The lowest BCUT2D eigenvalue weighted by Gasteiger charge is -2.07. The van der Waals surface area contributed by atoms with Crippen LogP contribution in [0, 0.1) is 10.6 Å². The molecule has 0 aliphatic rings. The quantitative estimate of drug-likeness (QED) is 0.692. The van der Waals surface area contributed by atoms with Gasteiger partial charge in [-0.2, -0.15) is 0 Å². The number of aromatic nitrogens is 2. The number of hydrogen-bond donors (Lipinski definition) is 1. The Hall–Kier alpha value is -1.50. The van der Waals surface area contributed by atoms with Crippen LogP contribution in [0.3, 0.4) is 0 Å². The van der Waals surface area contributed by atoms with Gasteiger partial charge in [0, 0.05) is 0 Å². The largest absolute Gasteiger partial charge is 0.331 e. The zero-order valence-electron chi connectivity index (χ0n) is 9.31. The van der Waals surface area contributed by atoms with Gasteiger partial charge in [0.05, 0.1) is 16.2 Å². The van der Waals surface area contributed by atoms with E-state index in [9.17, 15) is 9.18 Å². The predicted octanol–water partition coefficient (Wildman–Crippen LogP) is 3.90. The van der Waals surface area contributed by atoms with E-state index in [1.54, 1.807) is 11.4 Å². The maximum absolute atomic E-state index is 13.2. The molecule has 0 spiro atoms. The lowest BCUT2D eigenvalue weighted by Crippen LogP contribution is -2.19. The van der Waals surface area contributed by atoms with Crippen LogP contribution in [0.2, 0.25) is 5.02 Å². The zero-order chi connectivity index (χ0) is 13.6. The number of fused-ring (bicyclic) bond motifs is 1. The number of hydrogen-bond acceptors (Lipinski definition) is 3. The van der Waals surface area contributed by atoms with Crippen LogP contribution in [0.5, 0.6) is 0 Å². The first-order valence-corrected chi connectivity index (χ1v) is 6.92. The van der Waals surface area contributed by atoms with Gasteiger partial charge in [0.2, 0.25) is 0 Å². The summed E-state index contributed by atoms with van der Waals surface area (Å²) in [6.07, 6.45) is 0. The third-order valence-corrected chi connectivity index (χ3v) is 4.15. The topological polar surface area (TPSA) is 37.8 Å². The van der Waals surface area contributed by atoms with Gasteiger partial charge in [0.1, 0.15) is 10.5 Å². The van der Waals surface area contributed by atoms with Crippen LogP contribution in [0.4, 0.5) is 4.39 Å². The van der Waals surface area contributed by atoms with E-state index in [1.807, 2.05) is 0 Å². The minimum absolute atomic E-state index is 0.0509. The second-order valence-electron chi connectivity index (χ2n) is 3.83. The zero-order valence-corrected chi connectivity index (χ0v) is 11.7. The Morgan fingerprint density at radius 3 is 2.89 bits per heavy atom. The fourth-order valence-corrected chi connectivity index (χ4v) is 3.05. The van der Waals surface area contributed by atoms with Crippen molar-refractivity contribution in [3.05, 3.63) is 55.6 Å². The molecule has 96 valence electrons. The van der Waals surface area contributed by atoms with E-state index in [0.29, 0.717) is 15.9 Å². The van der Waals surface area contributed by atoms with Gasteiger partial charge in [-0.05, 0) is 41.9 Å². The summed E-state index contributed by atoms with van der Waals surface area (Å²) < 4.78 is 15.3. The van der Waals surface area contributed by atoms with Crippen LogP contribution in [0.25, 0.3) is 15.9 Å². The van der Waals surface area contributed by atoms with Crippen molar-refractivity contribution in [3.63, 3.8) is 0 Å². The first-order valence-electron chi connectivity index (χ1n) is 5.26. The Labute approximate surface area is 120 Å². The Morgan fingerprint density at radius 2 is 2.16 bits per heavy atom. The van der Waals surface area contributed by atoms with Crippen LogP contribution in [0.15, 0.2) is 34.4 Å². The van der Waals surface area contributed by atoms with Gasteiger partial charge in [0.25, 0.3) is 5.56 Å². The Balaban J connectivity index is 2.38. The lowest BCUT2D eigenvalue weighted by atomic mass is 10.3. The molecule has 0 amide bonds. The van der Waals surface area contributed by atoms with Gasteiger partial charge in [-0.3, -0.25) is 9.36 Å². The number of H-pyrrole nitrogens is 1. The van der Waals surface area contributed by atoms with Gasteiger partial charge in [-0.15, -0.1) is 11.3 Å². The summed E-state index contributed by atoms with van der Waals surface area (Å²) in [5.41, 5.74) is 0.897. The third-order valence-electron chi connectivity index (χ3n) is 2.67. The number of benzene rings is 1. The second-order valence-corrected chi connectivity index (χ2v) is 5.54. The molecule has 0 saturated heterocycles. The fourth-order valence-electron chi connectivity index (χ4n) is 1.80. The Kier molecular flexibility index (Phi) is 3.00. The number of halogens is 2. The number of thiophene rings is 1. The van der Waals surface area contributed by atoms with Gasteiger partial charge >= 0.3 is 0 Å². The first kappa shape index (κ1) is 12.5. The van der Waals surface area contributed by atoms with Crippen LogP contribution in [0.1, 0.15) is 0 Å². The summed E-state index contributed by atoms with van der Waals surface area (Å²) in [4.78, 5) is 15.3. The maximum Gasteiger partial charge on any atom is 0.276 e. The highest BCUT2D eigenvalue weighted by Crippen LogP contribution is 2.20.